The summed E-state index contributed by atoms with van der Waals surface area (Å²) in [6.45, 7) is 1.99. The van der Waals surface area contributed by atoms with E-state index >= 15 is 0 Å². The van der Waals surface area contributed by atoms with Crippen molar-refractivity contribution in [2.45, 2.75) is 11.8 Å². The van der Waals surface area contributed by atoms with Crippen molar-refractivity contribution in [2.75, 3.05) is 5.75 Å². The van der Waals surface area contributed by atoms with Crippen LogP contribution in [0.25, 0.3) is 22.2 Å². The van der Waals surface area contributed by atoms with E-state index in [0.717, 1.165) is 11.3 Å². The van der Waals surface area contributed by atoms with E-state index in [1.807, 2.05) is 55.5 Å². The third-order valence-electron chi connectivity index (χ3n) is 3.39. The predicted octanol–water partition coefficient (Wildman–Crippen LogP) is 3.38. The van der Waals surface area contributed by atoms with Gasteiger partial charge in [0.1, 0.15) is 0 Å². The molecule has 3 aromatic rings. The van der Waals surface area contributed by atoms with Gasteiger partial charge in [-0.25, -0.2) is 4.98 Å². The highest BCUT2D eigenvalue weighted by Crippen LogP contribution is 2.36. The van der Waals surface area contributed by atoms with Crippen molar-refractivity contribution >= 4 is 28.6 Å². The fraction of sp³-hybridized carbons (Fsp3) is 0.111. The molecular weight excluding hydrogens is 294 g/mol. The van der Waals surface area contributed by atoms with Crippen LogP contribution in [0.15, 0.2) is 59.5 Å². The number of carbonyl (C=O) groups is 1. The summed E-state index contributed by atoms with van der Waals surface area (Å²) >= 11 is 1.48. The molecule has 110 valence electrons. The van der Waals surface area contributed by atoms with Crippen LogP contribution in [0.2, 0.25) is 0 Å². The number of fused-ring (bicyclic) bond motifs is 1. The zero-order chi connectivity index (χ0) is 15.5. The van der Waals surface area contributed by atoms with E-state index in [-0.39, 0.29) is 5.56 Å². The zero-order valence-corrected chi connectivity index (χ0v) is 12.9. The number of rotatable bonds is 4. The SMILES string of the molecule is CCSc1c(-c2ccccc2)nc2ccccc2c1C(=O)[O-]. The monoisotopic (exact) mass is 308 g/mol. The molecular formula is C18H14NO2S-. The molecule has 0 saturated carbocycles. The number of aromatic nitrogens is 1. The van der Waals surface area contributed by atoms with Crippen LogP contribution in [0.1, 0.15) is 17.3 Å². The molecule has 22 heavy (non-hydrogen) atoms. The first-order valence-corrected chi connectivity index (χ1v) is 8.03. The van der Waals surface area contributed by atoms with Crippen molar-refractivity contribution in [1.82, 2.24) is 4.98 Å². The molecule has 0 atom stereocenters. The van der Waals surface area contributed by atoms with E-state index in [4.69, 9.17) is 4.98 Å². The van der Waals surface area contributed by atoms with Gasteiger partial charge in [-0.3, -0.25) is 0 Å². The lowest BCUT2D eigenvalue weighted by atomic mass is 10.0. The molecule has 0 bridgehead atoms. The summed E-state index contributed by atoms with van der Waals surface area (Å²) in [7, 11) is 0. The lowest BCUT2D eigenvalue weighted by Crippen LogP contribution is -2.24. The first-order chi connectivity index (χ1) is 10.7. The van der Waals surface area contributed by atoms with Crippen LogP contribution in [-0.4, -0.2) is 16.7 Å². The number of aromatic carboxylic acids is 1. The van der Waals surface area contributed by atoms with E-state index in [2.05, 4.69) is 0 Å². The van der Waals surface area contributed by atoms with Crippen molar-refractivity contribution < 1.29 is 9.90 Å². The minimum Gasteiger partial charge on any atom is -0.545 e. The van der Waals surface area contributed by atoms with Gasteiger partial charge < -0.3 is 9.90 Å². The van der Waals surface area contributed by atoms with Gasteiger partial charge in [0.15, 0.2) is 0 Å². The first-order valence-electron chi connectivity index (χ1n) is 7.04. The molecule has 0 spiro atoms. The van der Waals surface area contributed by atoms with Crippen molar-refractivity contribution in [3.05, 3.63) is 60.2 Å². The predicted molar refractivity (Wildman–Crippen MR) is 87.9 cm³/mol. The molecule has 1 aromatic heterocycles. The number of hydrogen-bond acceptors (Lipinski definition) is 4. The Labute approximate surface area is 133 Å². The van der Waals surface area contributed by atoms with Crippen LogP contribution in [-0.2, 0) is 0 Å². The molecule has 0 fully saturated rings. The third-order valence-corrected chi connectivity index (χ3v) is 4.36. The number of hydrogen-bond donors (Lipinski definition) is 0. The Bertz CT molecular complexity index is 831. The quantitative estimate of drug-likeness (QED) is 0.693. The maximum absolute atomic E-state index is 11.7. The van der Waals surface area contributed by atoms with Gasteiger partial charge in [0, 0.05) is 21.4 Å². The van der Waals surface area contributed by atoms with E-state index < -0.39 is 5.97 Å². The molecule has 4 heteroatoms. The summed E-state index contributed by atoms with van der Waals surface area (Å²) in [6.07, 6.45) is 0. The summed E-state index contributed by atoms with van der Waals surface area (Å²) in [5.41, 5.74) is 2.51. The highest BCUT2D eigenvalue weighted by molar-refractivity contribution is 7.99. The number of nitrogens with zero attached hydrogens (tertiary/aromatic N) is 1. The van der Waals surface area contributed by atoms with Gasteiger partial charge in [0.05, 0.1) is 17.2 Å². The molecule has 0 aliphatic heterocycles. The second-order valence-corrected chi connectivity index (χ2v) is 6.04. The largest absolute Gasteiger partial charge is 0.545 e. The van der Waals surface area contributed by atoms with Crippen molar-refractivity contribution in [3.63, 3.8) is 0 Å². The number of para-hydroxylation sites is 1. The first kappa shape index (κ1) is 14.6. The van der Waals surface area contributed by atoms with Crippen LogP contribution >= 0.6 is 11.8 Å². The highest BCUT2D eigenvalue weighted by atomic mass is 32.2. The van der Waals surface area contributed by atoms with Crippen molar-refractivity contribution in [3.8, 4) is 11.3 Å². The number of carboxylic acid groups (broad SMARTS) is 1. The molecule has 2 aromatic carbocycles. The van der Waals surface area contributed by atoms with Crippen LogP contribution in [0.3, 0.4) is 0 Å². The Morgan fingerprint density at radius 1 is 1.09 bits per heavy atom. The van der Waals surface area contributed by atoms with Crippen LogP contribution < -0.4 is 5.11 Å². The fourth-order valence-electron chi connectivity index (χ4n) is 2.47. The standard InChI is InChI=1S/C18H15NO2S/c1-2-22-17-15(18(20)21)13-10-6-7-11-14(13)19-16(17)12-8-4-3-5-9-12/h3-11H,2H2,1H3,(H,20,21)/p-1. The molecule has 0 radical (unpaired) electrons. The number of thioether (sulfide) groups is 1. The van der Waals surface area contributed by atoms with E-state index in [1.54, 1.807) is 6.07 Å². The van der Waals surface area contributed by atoms with E-state index in [9.17, 15) is 9.90 Å². The minimum atomic E-state index is -1.16. The molecule has 0 saturated heterocycles. The molecule has 3 nitrogen and oxygen atoms in total. The minimum absolute atomic E-state index is 0.233. The normalized spacial score (nSPS) is 10.8. The van der Waals surface area contributed by atoms with Crippen LogP contribution in [0, 0.1) is 0 Å². The Morgan fingerprint density at radius 2 is 1.77 bits per heavy atom. The summed E-state index contributed by atoms with van der Waals surface area (Å²) in [6, 6.07) is 16.9. The van der Waals surface area contributed by atoms with Crippen molar-refractivity contribution in [1.29, 1.82) is 0 Å². The number of carbonyl (C=O) groups excluding carboxylic acids is 1. The number of pyridine rings is 1. The fourth-order valence-corrected chi connectivity index (χ4v) is 3.40. The Hall–Kier alpha value is -2.33. The lowest BCUT2D eigenvalue weighted by Gasteiger charge is -2.17. The average molecular weight is 308 g/mol. The van der Waals surface area contributed by atoms with E-state index in [0.29, 0.717) is 21.5 Å². The molecule has 0 unspecified atom stereocenters. The second-order valence-electron chi connectivity index (χ2n) is 4.77. The second kappa shape index (κ2) is 6.20. The van der Waals surface area contributed by atoms with Gasteiger partial charge in [0.25, 0.3) is 0 Å². The van der Waals surface area contributed by atoms with Crippen LogP contribution in [0.4, 0.5) is 0 Å². The smallest absolute Gasteiger partial charge is 0.0852 e. The summed E-state index contributed by atoms with van der Waals surface area (Å²) < 4.78 is 0. The summed E-state index contributed by atoms with van der Waals surface area (Å²) in [5, 5.41) is 12.4. The number of benzene rings is 2. The van der Waals surface area contributed by atoms with Gasteiger partial charge in [-0.15, -0.1) is 11.8 Å². The molecule has 0 aliphatic rings. The molecule has 3 rings (SSSR count). The average Bonchev–Trinajstić information content (AvgIpc) is 2.55. The topological polar surface area (TPSA) is 53.0 Å². The van der Waals surface area contributed by atoms with E-state index in [1.165, 1.54) is 11.8 Å². The van der Waals surface area contributed by atoms with Crippen molar-refractivity contribution in [2.24, 2.45) is 0 Å². The van der Waals surface area contributed by atoms with Gasteiger partial charge in [-0.05, 0) is 11.8 Å². The van der Waals surface area contributed by atoms with Gasteiger partial charge in [0.2, 0.25) is 0 Å². The Kier molecular flexibility index (Phi) is 4.11. The lowest BCUT2D eigenvalue weighted by molar-refractivity contribution is -0.255. The van der Waals surface area contributed by atoms with Gasteiger partial charge >= 0.3 is 0 Å². The molecule has 0 amide bonds. The zero-order valence-electron chi connectivity index (χ0n) is 12.1. The molecule has 0 N–H and O–H groups in total. The third kappa shape index (κ3) is 2.57. The Balaban J connectivity index is 2.40. The maximum atomic E-state index is 11.7. The molecule has 0 aliphatic carbocycles. The summed E-state index contributed by atoms with van der Waals surface area (Å²) in [4.78, 5) is 17.1. The van der Waals surface area contributed by atoms with Crippen LogP contribution in [0.5, 0.6) is 0 Å². The number of carboxylic acids is 1. The Morgan fingerprint density at radius 3 is 2.45 bits per heavy atom. The van der Waals surface area contributed by atoms with Gasteiger partial charge in [-0.2, -0.15) is 0 Å². The van der Waals surface area contributed by atoms with Gasteiger partial charge in [-0.1, -0.05) is 55.5 Å². The summed E-state index contributed by atoms with van der Waals surface area (Å²) in [5.74, 6) is -0.396. The molecule has 1 heterocycles. The highest BCUT2D eigenvalue weighted by Gasteiger charge is 2.17. The maximum Gasteiger partial charge on any atom is 0.0852 e.